The Morgan fingerprint density at radius 3 is 1.27 bits per heavy atom. The minimum Gasteiger partial charge on any atom is -0.483 e. The third-order valence-electron chi connectivity index (χ3n) is 20.6. The number of aryl methyl sites for hydroxylation is 2. The molecular weight excluding hydrogens is 1470 g/mol. The molecule has 0 saturated carbocycles. The van der Waals surface area contributed by atoms with Crippen molar-refractivity contribution in [1.29, 1.82) is 0 Å². The fourth-order valence-electron chi connectivity index (χ4n) is 14.5. The van der Waals surface area contributed by atoms with Crippen molar-refractivity contribution < 1.29 is 72.1 Å². The molecule has 27 heteroatoms. The predicted molar refractivity (Wildman–Crippen MR) is 435 cm³/mol. The third-order valence-corrected chi connectivity index (χ3v) is 20.6. The summed E-state index contributed by atoms with van der Waals surface area (Å²) in [7, 11) is 3.29. The Hall–Kier alpha value is -12.3. The first-order valence-corrected chi connectivity index (χ1v) is 39.8. The van der Waals surface area contributed by atoms with E-state index in [1.54, 1.807) is 32.6 Å². The number of pyridine rings is 2. The van der Waals surface area contributed by atoms with Crippen LogP contribution < -0.4 is 52.4 Å². The van der Waals surface area contributed by atoms with Gasteiger partial charge in [-0.25, -0.2) is 4.79 Å². The van der Waals surface area contributed by atoms with Gasteiger partial charge in [-0.1, -0.05) is 175 Å². The van der Waals surface area contributed by atoms with Crippen molar-refractivity contribution >= 4 is 104 Å². The molecule has 12 rings (SSSR count). The Kier molecular flexibility index (Phi) is 31.9. The Bertz CT molecular complexity index is 4830. The maximum atomic E-state index is 13.2. The van der Waals surface area contributed by atoms with E-state index in [1.165, 1.54) is 118 Å². The van der Waals surface area contributed by atoms with Gasteiger partial charge in [-0.05, 0) is 129 Å². The van der Waals surface area contributed by atoms with Gasteiger partial charge in [0.25, 0.3) is 41.4 Å². The molecule has 2 atom stereocenters. The normalized spacial score (nSPS) is 14.9. The molecule has 0 bridgehead atoms. The van der Waals surface area contributed by atoms with E-state index in [0.29, 0.717) is 30.8 Å². The summed E-state index contributed by atoms with van der Waals surface area (Å²) < 4.78 is 10.7. The molecule has 0 radical (unpaired) electrons. The number of carboxylic acid groups (broad SMARTS) is 1. The number of aliphatic carboxylic acids is 1. The van der Waals surface area contributed by atoms with E-state index in [2.05, 4.69) is 102 Å². The number of unbranched alkanes of at least 4 members (excludes halogenated alkanes) is 16. The quantitative estimate of drug-likeness (QED) is 0.0128. The summed E-state index contributed by atoms with van der Waals surface area (Å²) in [5.41, 5.74) is 15.0. The highest BCUT2D eigenvalue weighted by Gasteiger charge is 2.48. The van der Waals surface area contributed by atoms with Crippen molar-refractivity contribution in [3.05, 3.63) is 201 Å². The maximum Gasteiger partial charge on any atom is 0.341 e. The van der Waals surface area contributed by atoms with Crippen LogP contribution in [-0.2, 0) is 54.7 Å². The highest BCUT2D eigenvalue weighted by atomic mass is 16.5. The summed E-state index contributed by atoms with van der Waals surface area (Å²) >= 11 is 0. The first kappa shape index (κ1) is 85.2. The van der Waals surface area contributed by atoms with Crippen molar-refractivity contribution in [2.45, 2.75) is 179 Å². The number of anilines is 2. The van der Waals surface area contributed by atoms with E-state index in [0.717, 1.165) is 113 Å². The third kappa shape index (κ3) is 23.2. The molecule has 0 spiro atoms. The van der Waals surface area contributed by atoms with Gasteiger partial charge in [0.2, 0.25) is 23.6 Å². The van der Waals surface area contributed by atoms with Gasteiger partial charge in [0.1, 0.15) is 23.6 Å². The molecule has 2 saturated heterocycles. The van der Waals surface area contributed by atoms with Gasteiger partial charge < -0.3 is 46.9 Å². The van der Waals surface area contributed by atoms with Gasteiger partial charge in [-0.15, -0.1) is 0 Å². The van der Waals surface area contributed by atoms with Crippen molar-refractivity contribution in [3.63, 3.8) is 0 Å². The fourth-order valence-corrected chi connectivity index (χ4v) is 14.5. The van der Waals surface area contributed by atoms with Gasteiger partial charge in [0.05, 0.1) is 55.8 Å². The minimum absolute atomic E-state index is 0.0166. The molecule has 4 aliphatic rings. The molecule has 4 aliphatic heterocycles. The number of rotatable bonds is 39. The average molecular weight is 1570 g/mol. The Labute approximate surface area is 668 Å². The van der Waals surface area contributed by atoms with Crippen molar-refractivity contribution in [1.82, 2.24) is 46.4 Å². The molecule has 2 aromatic heterocycles. The summed E-state index contributed by atoms with van der Waals surface area (Å²) in [6, 6.07) is 39.8. The predicted octanol–water partition coefficient (Wildman–Crippen LogP) is 11.6. The van der Waals surface area contributed by atoms with Gasteiger partial charge in [0, 0.05) is 69.7 Å². The summed E-state index contributed by atoms with van der Waals surface area (Å²) in [6.07, 6.45) is 26.8. The lowest BCUT2D eigenvalue weighted by molar-refractivity contribution is -0.139. The lowest BCUT2D eigenvalue weighted by Gasteiger charge is -2.27. The molecule has 6 heterocycles. The van der Waals surface area contributed by atoms with Gasteiger partial charge in [-0.2, -0.15) is 0 Å². The number of imide groups is 4. The smallest absolute Gasteiger partial charge is 0.341 e. The second kappa shape index (κ2) is 43.1. The number of hydrogen-bond donors (Lipinski definition) is 9. The lowest BCUT2D eigenvalue weighted by Crippen LogP contribution is -2.54. The first-order valence-electron chi connectivity index (χ1n) is 39.8. The summed E-state index contributed by atoms with van der Waals surface area (Å²) in [4.78, 5) is 158. The zero-order valence-electron chi connectivity index (χ0n) is 65.3. The number of nitrogens with zero attached hydrogens (tertiary/aromatic N) is 4. The summed E-state index contributed by atoms with van der Waals surface area (Å²) in [6.45, 7) is 1.60. The zero-order valence-corrected chi connectivity index (χ0v) is 65.3. The number of benzene rings is 6. The number of ether oxygens (including phenoxy) is 2. The van der Waals surface area contributed by atoms with E-state index >= 15 is 0 Å². The minimum atomic E-state index is -1.23. The van der Waals surface area contributed by atoms with Crippen LogP contribution in [0.1, 0.15) is 226 Å². The van der Waals surface area contributed by atoms with Crippen LogP contribution in [-0.4, -0.2) is 148 Å². The monoisotopic (exact) mass is 1570 g/mol. The molecule has 8 aromatic rings. The van der Waals surface area contributed by atoms with Crippen LogP contribution in [0.15, 0.2) is 146 Å². The fraction of sp³-hybridized carbons (Fsp3) is 0.386. The summed E-state index contributed by atoms with van der Waals surface area (Å²) in [5.74, 6) is -6.83. The van der Waals surface area contributed by atoms with Crippen LogP contribution in [0.4, 0.5) is 11.4 Å². The maximum absolute atomic E-state index is 13.2. The number of carboxylic acids is 1. The number of amides is 11. The Morgan fingerprint density at radius 1 is 0.470 bits per heavy atom. The van der Waals surface area contributed by atoms with Crippen LogP contribution in [0.3, 0.4) is 0 Å². The van der Waals surface area contributed by atoms with Crippen LogP contribution in [0.25, 0.3) is 21.8 Å². The van der Waals surface area contributed by atoms with Gasteiger partial charge in [-0.3, -0.25) is 83.1 Å². The highest BCUT2D eigenvalue weighted by Crippen LogP contribution is 2.37. The van der Waals surface area contributed by atoms with Crippen LogP contribution in [0.2, 0.25) is 0 Å². The molecular formula is C88H102N12O15. The molecule has 2 fully saturated rings. The second-order valence-electron chi connectivity index (χ2n) is 28.9. The number of piperidine rings is 2. The number of nitrogens with two attached hydrogens (primary N) is 1. The van der Waals surface area contributed by atoms with Crippen molar-refractivity contribution in [3.8, 4) is 11.5 Å². The van der Waals surface area contributed by atoms with Crippen molar-refractivity contribution in [2.24, 2.45) is 5.73 Å². The molecule has 0 aliphatic carbocycles. The average Bonchev–Trinajstić information content (AvgIpc) is 1.62. The van der Waals surface area contributed by atoms with E-state index in [4.69, 9.17) is 20.3 Å². The van der Waals surface area contributed by atoms with Crippen LogP contribution in [0, 0.1) is 0 Å². The number of hydrogen-bond acceptors (Lipinski definition) is 19. The lowest BCUT2D eigenvalue weighted by atomic mass is 10.0. The van der Waals surface area contributed by atoms with Gasteiger partial charge in [0.15, 0.2) is 13.2 Å². The van der Waals surface area contributed by atoms with E-state index in [9.17, 15) is 57.5 Å². The number of fused-ring (bicyclic) bond motifs is 4. The van der Waals surface area contributed by atoms with E-state index < -0.39 is 71.9 Å². The van der Waals surface area contributed by atoms with E-state index in [1.807, 2.05) is 42.5 Å². The first-order chi connectivity index (χ1) is 55.9. The van der Waals surface area contributed by atoms with Gasteiger partial charge >= 0.3 is 5.97 Å². The zero-order chi connectivity index (χ0) is 81.6. The molecule has 115 heavy (non-hydrogen) atoms. The highest BCUT2D eigenvalue weighted by molar-refractivity contribution is 6.26. The Balaban J connectivity index is 0.000000203. The van der Waals surface area contributed by atoms with Crippen LogP contribution >= 0.6 is 0 Å². The number of carbonyl (C=O) groups is 12. The van der Waals surface area contributed by atoms with Crippen LogP contribution in [0.5, 0.6) is 11.5 Å². The Morgan fingerprint density at radius 2 is 0.870 bits per heavy atom. The van der Waals surface area contributed by atoms with E-state index in [-0.39, 0.29) is 83.8 Å². The molecule has 6 aromatic carbocycles. The van der Waals surface area contributed by atoms with Crippen molar-refractivity contribution in [2.75, 3.05) is 51.0 Å². The standard InChI is InChI=1S/C44H50N6O7.C29H40N4O.C15H12N2O7/c1-45-41(53)33-27-47-34-21-20-29(25-32(34)40(33)48-26-30-16-11-9-12-17-30)15-10-7-5-3-2-4-6-8-13-24-46-38(52)28-57-36-19-14-18-31-39(36)44(56)50(43(31)55)35-22-23-37(51)49-42(35)54;1-31-29(34)26-22-32-27-18-17-23(14-10-7-5-3-2-4-6-8-13-19-30)20-25(27)28(26)33-21-24-15-11-9-12-16-24;18-10-5-4-8(13(21)16-10)17-14(22)7-2-1-3-9(12(7)15(17)23)24-6-11(19)20/h9,11-12,14,16-21,25,27,35H,2-8,10,13,15,22-24,26,28H2,1H3,(H,45,53)(H,46,52)(H,47,48)(H,49,51,54);9,11-12,15-18,20,22H,2-8,10,13-14,19,21,30H2,1H3,(H,31,34)(H,32,33);1-3,8H,4-6H2,(H,19,20)(H,16,18,21). The second-order valence-corrected chi connectivity index (χ2v) is 28.9. The number of aromatic nitrogens is 2. The molecule has 10 N–H and O–H groups in total. The topological polar surface area (TPSA) is 386 Å². The number of carbonyl (C=O) groups excluding carboxylic acids is 11. The summed E-state index contributed by atoms with van der Waals surface area (Å²) in [5, 5.41) is 30.3. The largest absolute Gasteiger partial charge is 0.483 e. The molecule has 604 valence electrons. The molecule has 2 unspecified atom stereocenters. The molecule has 27 nitrogen and oxygen atoms in total. The molecule has 11 amide bonds. The number of nitrogens with one attached hydrogen (secondary N) is 7. The SMILES string of the molecule is CNC(=O)c1cnc2ccc(CCCCCCCCCCCN)cc2c1NCc1ccccc1.CNC(=O)c1cnc2ccc(CCCCCCCCCCCNC(=O)COc3cccc4c3C(=O)N(C3CCC(=O)NC3=O)C4=O)cc2c1NCc1ccccc1.O=C(O)COc1cccc2c1C(=O)N(C1CCC(=O)NC1=O)C2=O.